The lowest BCUT2D eigenvalue weighted by molar-refractivity contribution is -0.135. The third-order valence-corrected chi connectivity index (χ3v) is 6.15. The topological polar surface area (TPSA) is 80.5 Å². The number of halogens is 1. The van der Waals surface area contributed by atoms with Gasteiger partial charge in [-0.25, -0.2) is 12.8 Å². The van der Waals surface area contributed by atoms with Crippen molar-refractivity contribution in [2.24, 2.45) is 11.7 Å². The van der Waals surface area contributed by atoms with Crippen LogP contribution >= 0.6 is 0 Å². The van der Waals surface area contributed by atoms with E-state index in [0.717, 1.165) is 17.7 Å². The predicted octanol–water partition coefficient (Wildman–Crippen LogP) is 2.61. The van der Waals surface area contributed by atoms with E-state index in [0.29, 0.717) is 26.1 Å². The molecule has 0 bridgehead atoms. The molecule has 1 unspecified atom stereocenters. The van der Waals surface area contributed by atoms with Gasteiger partial charge in [0.25, 0.3) is 0 Å². The van der Waals surface area contributed by atoms with Crippen molar-refractivity contribution in [1.29, 1.82) is 0 Å². The second kappa shape index (κ2) is 9.62. The number of rotatable bonds is 9. The van der Waals surface area contributed by atoms with Gasteiger partial charge in [0.2, 0.25) is 5.91 Å². The molecular formula is C20H25FN2O3S. The molecule has 0 fully saturated rings. The second-order valence-corrected chi connectivity index (χ2v) is 8.56. The molecule has 27 heavy (non-hydrogen) atoms. The number of hydrogen-bond acceptors (Lipinski definition) is 4. The lowest BCUT2D eigenvalue weighted by Gasteiger charge is -2.26. The number of benzene rings is 2. The third kappa shape index (κ3) is 6.15. The maximum Gasteiger partial charge on any atom is 0.226 e. The fourth-order valence-corrected chi connectivity index (χ4v) is 4.35. The first kappa shape index (κ1) is 21.1. The quantitative estimate of drug-likeness (QED) is 0.665. The molecule has 0 spiro atoms. The summed E-state index contributed by atoms with van der Waals surface area (Å²) in [4.78, 5) is 14.5. The van der Waals surface area contributed by atoms with Crippen molar-refractivity contribution < 1.29 is 17.6 Å². The van der Waals surface area contributed by atoms with Gasteiger partial charge in [-0.2, -0.15) is 0 Å². The first-order chi connectivity index (χ1) is 12.8. The number of nitrogens with zero attached hydrogens (tertiary/aromatic N) is 1. The summed E-state index contributed by atoms with van der Waals surface area (Å²) >= 11 is 0. The molecule has 0 heterocycles. The van der Waals surface area contributed by atoms with Crippen LogP contribution in [-0.2, 0) is 21.2 Å². The molecule has 0 aliphatic heterocycles. The van der Waals surface area contributed by atoms with Gasteiger partial charge in [0, 0.05) is 19.0 Å². The van der Waals surface area contributed by atoms with E-state index in [9.17, 15) is 17.6 Å². The molecule has 0 aliphatic carbocycles. The normalized spacial score (nSPS) is 12.6. The van der Waals surface area contributed by atoms with E-state index >= 15 is 0 Å². The highest BCUT2D eigenvalue weighted by molar-refractivity contribution is 7.91. The molecule has 2 aromatic rings. The van der Waals surface area contributed by atoms with Crippen molar-refractivity contribution in [3.8, 4) is 0 Å². The number of carbonyl (C=O) groups excluding carboxylic acids is 1. The molecule has 2 aromatic carbocycles. The Bertz CT molecular complexity index is 839. The van der Waals surface area contributed by atoms with Crippen LogP contribution in [0.25, 0.3) is 0 Å². The Kier molecular flexibility index (Phi) is 7.50. The summed E-state index contributed by atoms with van der Waals surface area (Å²) in [5.41, 5.74) is 6.54. The maximum atomic E-state index is 13.0. The van der Waals surface area contributed by atoms with E-state index in [1.54, 1.807) is 11.8 Å². The lowest BCUT2D eigenvalue weighted by atomic mass is 10.1. The van der Waals surface area contributed by atoms with E-state index in [-0.39, 0.29) is 16.6 Å². The number of sulfone groups is 1. The fraction of sp³-hybridized carbons (Fsp3) is 0.350. The van der Waals surface area contributed by atoms with Gasteiger partial charge in [0.15, 0.2) is 9.84 Å². The third-order valence-electron chi connectivity index (χ3n) is 4.22. The number of hydrogen-bond donors (Lipinski definition) is 1. The van der Waals surface area contributed by atoms with Crippen molar-refractivity contribution in [3.63, 3.8) is 0 Å². The molecule has 0 aliphatic rings. The van der Waals surface area contributed by atoms with Gasteiger partial charge in [0.05, 0.1) is 10.6 Å². The van der Waals surface area contributed by atoms with E-state index in [1.807, 2.05) is 30.3 Å². The highest BCUT2D eigenvalue weighted by Crippen LogP contribution is 2.17. The van der Waals surface area contributed by atoms with Crippen molar-refractivity contribution >= 4 is 15.7 Å². The molecule has 2 N–H and O–H groups in total. The van der Waals surface area contributed by atoms with Crippen molar-refractivity contribution in [2.75, 3.05) is 18.8 Å². The average Bonchev–Trinajstić information content (AvgIpc) is 2.65. The van der Waals surface area contributed by atoms with E-state index < -0.39 is 21.6 Å². The minimum absolute atomic E-state index is 0.0140. The Morgan fingerprint density at radius 3 is 2.33 bits per heavy atom. The number of amides is 1. The van der Waals surface area contributed by atoms with Crippen molar-refractivity contribution in [2.45, 2.75) is 24.8 Å². The molecule has 1 atom stereocenters. The van der Waals surface area contributed by atoms with Gasteiger partial charge in [-0.15, -0.1) is 0 Å². The largest absolute Gasteiger partial charge is 0.338 e. The summed E-state index contributed by atoms with van der Waals surface area (Å²) in [6.45, 7) is 2.91. The maximum absolute atomic E-state index is 13.0. The second-order valence-electron chi connectivity index (χ2n) is 6.52. The van der Waals surface area contributed by atoms with Crippen LogP contribution in [0.4, 0.5) is 4.39 Å². The summed E-state index contributed by atoms with van der Waals surface area (Å²) in [5.74, 6) is -1.79. The van der Waals surface area contributed by atoms with Crippen LogP contribution in [0.1, 0.15) is 18.9 Å². The number of nitrogens with two attached hydrogens (primary N) is 1. The molecule has 0 saturated heterocycles. The minimum atomic E-state index is -3.69. The Morgan fingerprint density at radius 2 is 1.74 bits per heavy atom. The molecule has 5 nitrogen and oxygen atoms in total. The van der Waals surface area contributed by atoms with Crippen LogP contribution in [0.3, 0.4) is 0 Å². The van der Waals surface area contributed by atoms with E-state index in [4.69, 9.17) is 5.73 Å². The fourth-order valence-electron chi connectivity index (χ4n) is 2.80. The predicted molar refractivity (Wildman–Crippen MR) is 103 cm³/mol. The van der Waals surface area contributed by atoms with Crippen molar-refractivity contribution in [1.82, 2.24) is 4.90 Å². The molecule has 0 radical (unpaired) electrons. The van der Waals surface area contributed by atoms with Gasteiger partial charge in [-0.05, 0) is 42.8 Å². The van der Waals surface area contributed by atoms with Crippen LogP contribution in [0, 0.1) is 11.7 Å². The molecular weight excluding hydrogens is 367 g/mol. The van der Waals surface area contributed by atoms with E-state index in [1.165, 1.54) is 12.1 Å². The molecule has 0 saturated carbocycles. The van der Waals surface area contributed by atoms with Gasteiger partial charge < -0.3 is 10.6 Å². The molecule has 1 amide bonds. The van der Waals surface area contributed by atoms with Gasteiger partial charge in [-0.3, -0.25) is 4.79 Å². The average molecular weight is 392 g/mol. The Labute approximate surface area is 159 Å². The van der Waals surface area contributed by atoms with Crippen LogP contribution in [0.15, 0.2) is 59.5 Å². The summed E-state index contributed by atoms with van der Waals surface area (Å²) in [6.07, 6.45) is 0.635. The van der Waals surface area contributed by atoms with Crippen LogP contribution in [0.2, 0.25) is 0 Å². The minimum Gasteiger partial charge on any atom is -0.338 e. The highest BCUT2D eigenvalue weighted by atomic mass is 32.2. The summed E-state index contributed by atoms with van der Waals surface area (Å²) < 4.78 is 38.1. The monoisotopic (exact) mass is 392 g/mol. The zero-order valence-electron chi connectivity index (χ0n) is 15.3. The van der Waals surface area contributed by atoms with Crippen LogP contribution < -0.4 is 5.73 Å². The lowest BCUT2D eigenvalue weighted by Crippen LogP contribution is -2.38. The first-order valence-electron chi connectivity index (χ1n) is 8.84. The molecule has 146 valence electrons. The summed E-state index contributed by atoms with van der Waals surface area (Å²) in [5, 5.41) is 0. The first-order valence-corrected chi connectivity index (χ1v) is 10.5. The SMILES string of the molecule is CC(CS(=O)(=O)c1ccc(F)cc1)C(=O)N(CCCN)Cc1ccccc1. The molecule has 7 heteroatoms. The van der Waals surface area contributed by atoms with E-state index in [2.05, 4.69) is 0 Å². The van der Waals surface area contributed by atoms with Gasteiger partial charge in [0.1, 0.15) is 5.82 Å². The Balaban J connectivity index is 2.12. The van der Waals surface area contributed by atoms with Gasteiger partial charge >= 0.3 is 0 Å². The zero-order chi connectivity index (χ0) is 19.9. The van der Waals surface area contributed by atoms with Crippen LogP contribution in [-0.4, -0.2) is 38.1 Å². The summed E-state index contributed by atoms with van der Waals surface area (Å²) in [7, 11) is -3.69. The zero-order valence-corrected chi connectivity index (χ0v) is 16.2. The van der Waals surface area contributed by atoms with Crippen LogP contribution in [0.5, 0.6) is 0 Å². The summed E-state index contributed by atoms with van der Waals surface area (Å²) in [6, 6.07) is 14.2. The van der Waals surface area contributed by atoms with Gasteiger partial charge in [-0.1, -0.05) is 37.3 Å². The smallest absolute Gasteiger partial charge is 0.226 e. The number of carbonyl (C=O) groups is 1. The molecule has 2 rings (SSSR count). The Morgan fingerprint density at radius 1 is 1.11 bits per heavy atom. The highest BCUT2D eigenvalue weighted by Gasteiger charge is 2.27. The molecule has 0 aromatic heterocycles. The van der Waals surface area contributed by atoms with Crippen molar-refractivity contribution in [3.05, 3.63) is 66.0 Å². The standard InChI is InChI=1S/C20H25FN2O3S/c1-16(15-27(25,26)19-10-8-18(21)9-11-19)20(24)23(13-5-12-22)14-17-6-3-2-4-7-17/h2-4,6-11,16H,5,12-15,22H2,1H3. The Hall–Kier alpha value is -2.25.